The van der Waals surface area contributed by atoms with Crippen LogP contribution in [0.2, 0.25) is 0 Å². The van der Waals surface area contributed by atoms with Crippen molar-refractivity contribution in [3.63, 3.8) is 0 Å². The highest BCUT2D eigenvalue weighted by Gasteiger charge is 2.33. The molecule has 1 fully saturated rings. The Morgan fingerprint density at radius 2 is 2.22 bits per heavy atom. The maximum Gasteiger partial charge on any atom is 0.308 e. The predicted octanol–water partition coefficient (Wildman–Crippen LogP) is 1.37. The van der Waals surface area contributed by atoms with Crippen LogP contribution in [0.4, 0.5) is 0 Å². The highest BCUT2D eigenvalue weighted by molar-refractivity contribution is 14.1. The molecule has 0 radical (unpaired) electrons. The first kappa shape index (κ1) is 7.31. The van der Waals surface area contributed by atoms with E-state index in [1.165, 1.54) is 7.11 Å². The number of esters is 1. The van der Waals surface area contributed by atoms with E-state index < -0.39 is 0 Å². The highest BCUT2D eigenvalue weighted by Crippen LogP contribution is 2.34. The second-order valence-corrected chi connectivity index (χ2v) is 4.05. The van der Waals surface area contributed by atoms with Crippen LogP contribution in [0.1, 0.15) is 12.8 Å². The fourth-order valence-corrected chi connectivity index (χ4v) is 2.14. The molecule has 9 heavy (non-hydrogen) atoms. The van der Waals surface area contributed by atoms with Gasteiger partial charge >= 0.3 is 5.97 Å². The van der Waals surface area contributed by atoms with Crippen LogP contribution in [0.5, 0.6) is 0 Å². The summed E-state index contributed by atoms with van der Waals surface area (Å²) in [5, 5.41) is 0. The summed E-state index contributed by atoms with van der Waals surface area (Å²) in [7, 11) is 1.45. The Balaban J connectivity index is 2.23. The summed E-state index contributed by atoms with van der Waals surface area (Å²) < 4.78 is 5.26. The van der Waals surface area contributed by atoms with Crippen LogP contribution < -0.4 is 0 Å². The van der Waals surface area contributed by atoms with Gasteiger partial charge in [-0.15, -0.1) is 0 Å². The number of methoxy groups -OCH3 is 1. The summed E-state index contributed by atoms with van der Waals surface area (Å²) in [5.41, 5.74) is 0. The average Bonchev–Trinajstić information content (AvgIpc) is 1.79. The van der Waals surface area contributed by atoms with Gasteiger partial charge in [-0.05, 0) is 12.8 Å². The molecular weight excluding hydrogens is 231 g/mol. The van der Waals surface area contributed by atoms with Gasteiger partial charge in [-0.25, -0.2) is 0 Å². The van der Waals surface area contributed by atoms with Crippen molar-refractivity contribution in [1.29, 1.82) is 0 Å². The lowest BCUT2D eigenvalue weighted by molar-refractivity contribution is -0.147. The van der Waals surface area contributed by atoms with E-state index in [1.54, 1.807) is 0 Å². The Hall–Kier alpha value is 0.200. The van der Waals surface area contributed by atoms with Gasteiger partial charge in [0.2, 0.25) is 0 Å². The fourth-order valence-electron chi connectivity index (χ4n) is 0.908. The smallest absolute Gasteiger partial charge is 0.308 e. The molecule has 3 heteroatoms. The molecule has 1 saturated carbocycles. The summed E-state index contributed by atoms with van der Waals surface area (Å²) in [6.07, 6.45) is 2.01. The average molecular weight is 240 g/mol. The van der Waals surface area contributed by atoms with Gasteiger partial charge in [0.25, 0.3) is 0 Å². The van der Waals surface area contributed by atoms with Gasteiger partial charge < -0.3 is 4.74 Å². The third-order valence-corrected chi connectivity index (χ3v) is 2.63. The summed E-state index contributed by atoms with van der Waals surface area (Å²) in [5.74, 6) is 0.166. The number of hydrogen-bond donors (Lipinski definition) is 0. The monoisotopic (exact) mass is 240 g/mol. The molecule has 0 atom stereocenters. The molecule has 0 bridgehead atoms. The molecule has 52 valence electrons. The second-order valence-electron chi connectivity index (χ2n) is 2.29. The van der Waals surface area contributed by atoms with E-state index in [9.17, 15) is 4.79 Å². The minimum absolute atomic E-state index is 0.0390. The molecule has 0 saturated heterocycles. The van der Waals surface area contributed by atoms with Crippen molar-refractivity contribution in [2.24, 2.45) is 5.92 Å². The summed E-state index contributed by atoms with van der Waals surface area (Å²) in [6, 6.07) is 0. The van der Waals surface area contributed by atoms with Crippen molar-refractivity contribution >= 4 is 28.6 Å². The van der Waals surface area contributed by atoms with Gasteiger partial charge in [-0.2, -0.15) is 0 Å². The molecule has 0 aromatic rings. The lowest BCUT2D eigenvalue weighted by Crippen LogP contribution is -2.31. The minimum Gasteiger partial charge on any atom is -0.469 e. The van der Waals surface area contributed by atoms with Crippen molar-refractivity contribution in [3.8, 4) is 0 Å². The van der Waals surface area contributed by atoms with Gasteiger partial charge in [-0.3, -0.25) is 4.79 Å². The molecule has 0 aromatic heterocycles. The van der Waals surface area contributed by atoms with Gasteiger partial charge in [0, 0.05) is 3.92 Å². The van der Waals surface area contributed by atoms with Crippen LogP contribution in [-0.4, -0.2) is 17.0 Å². The van der Waals surface area contributed by atoms with Gasteiger partial charge in [0.1, 0.15) is 0 Å². The second kappa shape index (κ2) is 2.86. The SMILES string of the molecule is COC(=O)[C@H]1C[C@@H](I)C1. The molecule has 0 N–H and O–H groups in total. The Bertz CT molecular complexity index is 118. The number of halogens is 1. The molecule has 0 aromatic carbocycles. The summed E-state index contributed by atoms with van der Waals surface area (Å²) >= 11 is 2.35. The maximum absolute atomic E-state index is 10.7. The van der Waals surface area contributed by atoms with E-state index in [-0.39, 0.29) is 11.9 Å². The molecule has 1 aliphatic carbocycles. The maximum atomic E-state index is 10.7. The molecule has 0 amide bonds. The standard InChI is InChI=1S/C6H9IO2/c1-9-6(8)4-2-5(7)3-4/h4-5H,2-3H2,1H3/t4-,5+. The number of rotatable bonds is 1. The number of hydrogen-bond acceptors (Lipinski definition) is 2. The predicted molar refractivity (Wildman–Crippen MR) is 42.5 cm³/mol. The van der Waals surface area contributed by atoms with Gasteiger partial charge in [-0.1, -0.05) is 22.6 Å². The molecule has 1 aliphatic rings. The van der Waals surface area contributed by atoms with Crippen molar-refractivity contribution in [2.75, 3.05) is 7.11 Å². The number of carbonyl (C=O) groups excluding carboxylic acids is 1. The molecular formula is C6H9IO2. The molecule has 0 spiro atoms. The third kappa shape index (κ3) is 1.56. The van der Waals surface area contributed by atoms with Crippen molar-refractivity contribution in [1.82, 2.24) is 0 Å². The Kier molecular flexibility index (Phi) is 2.32. The molecule has 0 unspecified atom stereocenters. The van der Waals surface area contributed by atoms with Crippen molar-refractivity contribution in [3.05, 3.63) is 0 Å². The van der Waals surface area contributed by atoms with Crippen LogP contribution in [0.25, 0.3) is 0 Å². The van der Waals surface area contributed by atoms with E-state index in [4.69, 9.17) is 0 Å². The highest BCUT2D eigenvalue weighted by atomic mass is 127. The first-order chi connectivity index (χ1) is 4.24. The Morgan fingerprint density at radius 1 is 1.67 bits per heavy atom. The molecule has 0 heterocycles. The van der Waals surface area contributed by atoms with Gasteiger partial charge in [0.15, 0.2) is 0 Å². The zero-order valence-corrected chi connectivity index (χ0v) is 7.42. The molecule has 2 nitrogen and oxygen atoms in total. The largest absolute Gasteiger partial charge is 0.469 e. The van der Waals surface area contributed by atoms with E-state index in [1.807, 2.05) is 0 Å². The fraction of sp³-hybridized carbons (Fsp3) is 0.833. The van der Waals surface area contributed by atoms with Crippen LogP contribution in [0, 0.1) is 5.92 Å². The zero-order valence-electron chi connectivity index (χ0n) is 5.26. The van der Waals surface area contributed by atoms with Crippen LogP contribution in [0.15, 0.2) is 0 Å². The van der Waals surface area contributed by atoms with Crippen LogP contribution in [-0.2, 0) is 9.53 Å². The number of alkyl halides is 1. The lowest BCUT2D eigenvalue weighted by Gasteiger charge is -2.28. The zero-order chi connectivity index (χ0) is 6.85. The lowest BCUT2D eigenvalue weighted by atomic mass is 9.86. The Morgan fingerprint density at radius 3 is 2.56 bits per heavy atom. The minimum atomic E-state index is -0.0390. The van der Waals surface area contributed by atoms with E-state index in [0.29, 0.717) is 3.92 Å². The first-order valence-corrected chi connectivity index (χ1v) is 4.20. The third-order valence-electron chi connectivity index (χ3n) is 1.62. The van der Waals surface area contributed by atoms with E-state index in [2.05, 4.69) is 27.3 Å². The van der Waals surface area contributed by atoms with Crippen molar-refractivity contribution in [2.45, 2.75) is 16.8 Å². The topological polar surface area (TPSA) is 26.3 Å². The summed E-state index contributed by atoms with van der Waals surface area (Å²) in [4.78, 5) is 10.7. The molecule has 0 aliphatic heterocycles. The quantitative estimate of drug-likeness (QED) is 0.393. The van der Waals surface area contributed by atoms with E-state index >= 15 is 0 Å². The van der Waals surface area contributed by atoms with Crippen molar-refractivity contribution < 1.29 is 9.53 Å². The van der Waals surface area contributed by atoms with Gasteiger partial charge in [0.05, 0.1) is 13.0 Å². The van der Waals surface area contributed by atoms with E-state index in [0.717, 1.165) is 12.8 Å². The van der Waals surface area contributed by atoms with Crippen LogP contribution >= 0.6 is 22.6 Å². The Labute approximate surface area is 68.1 Å². The van der Waals surface area contributed by atoms with Crippen LogP contribution in [0.3, 0.4) is 0 Å². The molecule has 1 rings (SSSR count). The number of ether oxygens (including phenoxy) is 1. The number of carbonyl (C=O) groups is 1. The summed E-state index contributed by atoms with van der Waals surface area (Å²) in [6.45, 7) is 0. The normalized spacial score (nSPS) is 33.1. The first-order valence-electron chi connectivity index (χ1n) is 2.96.